The molecule has 2 aliphatic carbocycles. The van der Waals surface area contributed by atoms with Crippen molar-refractivity contribution in [2.45, 2.75) is 18.8 Å². The van der Waals surface area contributed by atoms with Gasteiger partial charge in [-0.25, -0.2) is 0 Å². The first-order chi connectivity index (χ1) is 9.22. The first kappa shape index (κ1) is 15.2. The fourth-order valence-corrected chi connectivity index (χ4v) is 2.87. The summed E-state index contributed by atoms with van der Waals surface area (Å²) in [4.78, 5) is 26.2. The van der Waals surface area contributed by atoms with Gasteiger partial charge in [0.1, 0.15) is 0 Å². The molecule has 0 bridgehead atoms. The Hall–Kier alpha value is -1.16. The second kappa shape index (κ2) is 5.32. The molecule has 0 saturated heterocycles. The maximum Gasteiger partial charge on any atom is 0.215 e. The van der Waals surface area contributed by atoms with Crippen LogP contribution in [0.4, 0.5) is 0 Å². The number of allylic oxidation sites excluding steroid dienone is 6. The minimum absolute atomic E-state index is 0.0233. The smallest absolute Gasteiger partial charge is 0.215 e. The van der Waals surface area contributed by atoms with Crippen molar-refractivity contribution in [3.63, 3.8) is 0 Å². The number of halogens is 3. The van der Waals surface area contributed by atoms with Crippen molar-refractivity contribution in [1.82, 2.24) is 0 Å². The van der Waals surface area contributed by atoms with Crippen molar-refractivity contribution in [2.75, 3.05) is 0 Å². The molecule has 0 heterocycles. The van der Waals surface area contributed by atoms with Crippen LogP contribution in [0.25, 0.3) is 0 Å². The van der Waals surface area contributed by atoms with Gasteiger partial charge in [-0.3, -0.25) is 14.6 Å². The highest BCUT2D eigenvalue weighted by molar-refractivity contribution is 6.57. The molecule has 0 aliphatic heterocycles. The lowest BCUT2D eigenvalue weighted by Crippen LogP contribution is -2.23. The van der Waals surface area contributed by atoms with E-state index in [0.29, 0.717) is 16.9 Å². The summed E-state index contributed by atoms with van der Waals surface area (Å²) in [6.07, 6.45) is 5.89. The fourth-order valence-electron chi connectivity index (χ4n) is 1.96. The minimum atomic E-state index is -1.18. The van der Waals surface area contributed by atoms with Gasteiger partial charge < -0.3 is 0 Å². The molecular weight excluding hydrogens is 321 g/mol. The maximum absolute atomic E-state index is 11.7. The second-order valence-electron chi connectivity index (χ2n) is 4.56. The summed E-state index contributed by atoms with van der Waals surface area (Å²) >= 11 is 17.9. The number of hydrogen-bond acceptors (Lipinski definition) is 3. The van der Waals surface area contributed by atoms with Crippen LogP contribution in [0.5, 0.6) is 0 Å². The van der Waals surface area contributed by atoms with Gasteiger partial charge in [0.25, 0.3) is 0 Å². The van der Waals surface area contributed by atoms with Crippen LogP contribution >= 0.6 is 34.8 Å². The van der Waals surface area contributed by atoms with E-state index in [9.17, 15) is 9.59 Å². The highest BCUT2D eigenvalue weighted by atomic mass is 35.5. The minimum Gasteiger partial charge on any atom is -0.289 e. The van der Waals surface area contributed by atoms with Gasteiger partial charge in [-0.05, 0) is 49.3 Å². The lowest BCUT2D eigenvalue weighted by Gasteiger charge is -2.22. The average Bonchev–Trinajstić information content (AvgIpc) is 2.32. The van der Waals surface area contributed by atoms with Crippen molar-refractivity contribution in [3.8, 4) is 0 Å². The molecule has 0 aromatic rings. The van der Waals surface area contributed by atoms with E-state index < -0.39 is 10.8 Å². The Balaban J connectivity index is 2.46. The molecule has 0 amide bonds. The number of nitrogens with zero attached hydrogens (tertiary/aromatic N) is 1. The third kappa shape index (κ3) is 2.95. The monoisotopic (exact) mass is 329 g/mol. The zero-order chi connectivity index (χ0) is 15.1. The average molecular weight is 331 g/mol. The summed E-state index contributed by atoms with van der Waals surface area (Å²) in [7, 11) is 0. The molecule has 6 heteroatoms. The van der Waals surface area contributed by atoms with Crippen molar-refractivity contribution < 1.29 is 9.59 Å². The van der Waals surface area contributed by atoms with Crippen molar-refractivity contribution in [1.29, 1.82) is 0 Å². The van der Waals surface area contributed by atoms with Crippen LogP contribution in [0.1, 0.15) is 13.8 Å². The fraction of sp³-hybridized carbons (Fsp3) is 0.214. The molecule has 0 unspecified atom stereocenters. The summed E-state index contributed by atoms with van der Waals surface area (Å²) in [5.74, 6) is -0.518. The Labute approximate surface area is 131 Å². The first-order valence-corrected chi connectivity index (χ1v) is 6.87. The van der Waals surface area contributed by atoms with Gasteiger partial charge in [0.2, 0.25) is 5.78 Å². The van der Waals surface area contributed by atoms with Crippen LogP contribution in [-0.2, 0) is 9.59 Å². The molecule has 20 heavy (non-hydrogen) atoms. The van der Waals surface area contributed by atoms with E-state index in [4.69, 9.17) is 34.8 Å². The number of ketones is 2. The predicted molar refractivity (Wildman–Crippen MR) is 81.4 cm³/mol. The van der Waals surface area contributed by atoms with E-state index >= 15 is 0 Å². The molecule has 3 nitrogen and oxygen atoms in total. The number of Topliss-reactive ketones (excluding diaryl/α,β-unsaturated/α-hetero) is 2. The van der Waals surface area contributed by atoms with Gasteiger partial charge >= 0.3 is 0 Å². The zero-order valence-electron chi connectivity index (χ0n) is 10.7. The van der Waals surface area contributed by atoms with Crippen LogP contribution in [0.3, 0.4) is 0 Å². The van der Waals surface area contributed by atoms with E-state index in [2.05, 4.69) is 4.99 Å². The lowest BCUT2D eigenvalue weighted by molar-refractivity contribution is -0.112. The van der Waals surface area contributed by atoms with E-state index in [1.54, 1.807) is 26.0 Å². The first-order valence-electron chi connectivity index (χ1n) is 5.73. The molecule has 0 radical (unpaired) electrons. The Morgan fingerprint density at radius 2 is 1.40 bits per heavy atom. The van der Waals surface area contributed by atoms with E-state index in [0.717, 1.165) is 0 Å². The van der Waals surface area contributed by atoms with Crippen LogP contribution in [0.15, 0.2) is 50.5 Å². The van der Waals surface area contributed by atoms with Crippen LogP contribution in [0, 0.1) is 0 Å². The van der Waals surface area contributed by atoms with Crippen LogP contribution in [0.2, 0.25) is 0 Å². The Morgan fingerprint density at radius 3 is 1.85 bits per heavy atom. The molecule has 2 rings (SSSR count). The normalized spacial score (nSPS) is 21.9. The molecule has 104 valence electrons. The van der Waals surface area contributed by atoms with Gasteiger partial charge in [-0.2, -0.15) is 0 Å². The standard InChI is InChI=1S/C14H10Cl3NO2/c1-7-5-14(17,6-8(2)12(7)19)18-9-3-10(15)13(20)11(16)4-9/h3-6H,1-2H3. The number of carbonyl (C=O) groups is 2. The zero-order valence-corrected chi connectivity index (χ0v) is 13.0. The van der Waals surface area contributed by atoms with Gasteiger partial charge in [0, 0.05) is 0 Å². The van der Waals surface area contributed by atoms with Crippen molar-refractivity contribution >= 4 is 52.1 Å². The molecule has 0 fully saturated rings. The van der Waals surface area contributed by atoms with Gasteiger partial charge in [0.05, 0.1) is 15.8 Å². The van der Waals surface area contributed by atoms with E-state index in [-0.39, 0.29) is 15.8 Å². The number of rotatable bonds is 1. The summed E-state index contributed by atoms with van der Waals surface area (Å²) in [6, 6.07) is 0. The number of aliphatic imine (C=N–C) groups is 1. The van der Waals surface area contributed by atoms with Crippen molar-refractivity contribution in [2.24, 2.45) is 4.99 Å². The highest BCUT2D eigenvalue weighted by Gasteiger charge is 2.29. The lowest BCUT2D eigenvalue weighted by atomic mass is 9.96. The number of alkyl halides is 1. The quantitative estimate of drug-likeness (QED) is 0.418. The molecule has 0 saturated carbocycles. The van der Waals surface area contributed by atoms with E-state index in [1.807, 2.05) is 0 Å². The molecular formula is C14H10Cl3NO2. The molecule has 0 aromatic heterocycles. The van der Waals surface area contributed by atoms with Crippen LogP contribution in [-0.4, -0.2) is 22.3 Å². The van der Waals surface area contributed by atoms with E-state index in [1.165, 1.54) is 12.2 Å². The summed E-state index contributed by atoms with van der Waals surface area (Å²) in [6.45, 7) is 3.35. The van der Waals surface area contributed by atoms with Crippen molar-refractivity contribution in [3.05, 3.63) is 45.5 Å². The Bertz CT molecular complexity index is 620. The molecule has 2 aliphatic rings. The molecule has 0 atom stereocenters. The van der Waals surface area contributed by atoms with Gasteiger partial charge in [-0.15, -0.1) is 0 Å². The Kier molecular flexibility index (Phi) is 4.05. The third-order valence-electron chi connectivity index (χ3n) is 2.84. The molecule has 0 N–H and O–H groups in total. The van der Waals surface area contributed by atoms with Crippen LogP contribution < -0.4 is 0 Å². The topological polar surface area (TPSA) is 46.5 Å². The summed E-state index contributed by atoms with van der Waals surface area (Å²) in [5.41, 5.74) is 1.40. The summed E-state index contributed by atoms with van der Waals surface area (Å²) < 4.78 is 0. The highest BCUT2D eigenvalue weighted by Crippen LogP contribution is 2.31. The SMILES string of the molecule is CC1=CC(Cl)(N=C2C=C(Cl)C(=O)C(Cl)=C2)C=C(C)C1=O. The Morgan fingerprint density at radius 1 is 0.950 bits per heavy atom. The molecule has 0 aromatic carbocycles. The predicted octanol–water partition coefficient (Wildman–Crippen LogP) is 3.67. The van der Waals surface area contributed by atoms with Gasteiger partial charge in [0.15, 0.2) is 10.8 Å². The third-order valence-corrected chi connectivity index (χ3v) is 3.70. The largest absolute Gasteiger partial charge is 0.289 e. The van der Waals surface area contributed by atoms with Gasteiger partial charge in [-0.1, -0.05) is 34.8 Å². The maximum atomic E-state index is 11.7. The summed E-state index contributed by atoms with van der Waals surface area (Å²) in [5, 5.41) is -0.0467. The molecule has 0 spiro atoms. The number of hydrogen-bond donors (Lipinski definition) is 0. The second-order valence-corrected chi connectivity index (χ2v) is 5.98. The number of carbonyl (C=O) groups excluding carboxylic acids is 2.